The van der Waals surface area contributed by atoms with Gasteiger partial charge in [0.1, 0.15) is 18.5 Å². The first-order valence-electron chi connectivity index (χ1n) is 6.18. The SMILES string of the molecule is CCN=C/C=C\C1=CC(O)c2ccc(Cl)cc2OC1. The van der Waals surface area contributed by atoms with Crippen molar-refractivity contribution in [1.82, 2.24) is 0 Å². The molecular weight excluding hydrogens is 262 g/mol. The minimum atomic E-state index is -0.683. The van der Waals surface area contributed by atoms with Crippen LogP contribution in [0.4, 0.5) is 0 Å². The van der Waals surface area contributed by atoms with E-state index in [9.17, 15) is 5.11 Å². The largest absolute Gasteiger partial charge is 0.488 e. The third-order valence-corrected chi connectivity index (χ3v) is 2.98. The molecule has 1 atom stereocenters. The zero-order valence-electron chi connectivity index (χ0n) is 10.7. The fraction of sp³-hybridized carbons (Fsp3) is 0.267. The molecule has 1 N–H and O–H groups in total. The Morgan fingerprint density at radius 2 is 2.37 bits per heavy atom. The minimum absolute atomic E-state index is 0.404. The maximum absolute atomic E-state index is 10.1. The average Bonchev–Trinajstić information content (AvgIpc) is 2.54. The van der Waals surface area contributed by atoms with E-state index in [0.29, 0.717) is 17.4 Å². The summed E-state index contributed by atoms with van der Waals surface area (Å²) >= 11 is 5.92. The number of benzene rings is 1. The van der Waals surface area contributed by atoms with E-state index >= 15 is 0 Å². The van der Waals surface area contributed by atoms with Gasteiger partial charge in [-0.3, -0.25) is 4.99 Å². The molecule has 100 valence electrons. The Bertz CT molecular complexity index is 535. The van der Waals surface area contributed by atoms with Gasteiger partial charge in [0.2, 0.25) is 0 Å². The summed E-state index contributed by atoms with van der Waals surface area (Å²) in [6.45, 7) is 3.13. The lowest BCUT2D eigenvalue weighted by molar-refractivity contribution is 0.226. The lowest BCUT2D eigenvalue weighted by atomic mass is 10.1. The molecule has 1 unspecified atom stereocenters. The number of hydrogen-bond acceptors (Lipinski definition) is 3. The Balaban J connectivity index is 2.17. The average molecular weight is 278 g/mol. The standard InChI is InChI=1S/C15H16ClNO2/c1-2-17-7-3-4-11-8-14(18)13-6-5-12(16)9-15(13)19-10-11/h3-9,14,18H,2,10H2,1H3/b4-3-,17-7?. The molecule has 0 aliphatic carbocycles. The lowest BCUT2D eigenvalue weighted by Crippen LogP contribution is -1.98. The van der Waals surface area contributed by atoms with Gasteiger partial charge < -0.3 is 9.84 Å². The van der Waals surface area contributed by atoms with E-state index in [4.69, 9.17) is 16.3 Å². The van der Waals surface area contributed by atoms with Crippen molar-refractivity contribution in [2.45, 2.75) is 13.0 Å². The smallest absolute Gasteiger partial charge is 0.127 e. The molecule has 4 heteroatoms. The maximum Gasteiger partial charge on any atom is 0.127 e. The topological polar surface area (TPSA) is 41.8 Å². The number of allylic oxidation sites excluding steroid dienone is 1. The van der Waals surface area contributed by atoms with Crippen molar-refractivity contribution in [2.75, 3.05) is 13.2 Å². The molecule has 1 aliphatic heterocycles. The molecule has 0 bridgehead atoms. The second-order valence-electron chi connectivity index (χ2n) is 4.16. The van der Waals surface area contributed by atoms with Gasteiger partial charge in [0, 0.05) is 23.3 Å². The van der Waals surface area contributed by atoms with Crippen LogP contribution < -0.4 is 4.74 Å². The van der Waals surface area contributed by atoms with Crippen molar-refractivity contribution < 1.29 is 9.84 Å². The van der Waals surface area contributed by atoms with Crippen LogP contribution in [0.5, 0.6) is 5.75 Å². The first-order valence-corrected chi connectivity index (χ1v) is 6.56. The number of aliphatic hydroxyl groups excluding tert-OH is 1. The molecule has 0 amide bonds. The van der Waals surface area contributed by atoms with Crippen LogP contribution in [0, 0.1) is 0 Å². The highest BCUT2D eigenvalue weighted by atomic mass is 35.5. The second-order valence-corrected chi connectivity index (χ2v) is 4.60. The number of hydrogen-bond donors (Lipinski definition) is 1. The number of ether oxygens (including phenoxy) is 1. The van der Waals surface area contributed by atoms with E-state index in [0.717, 1.165) is 17.7 Å². The van der Waals surface area contributed by atoms with Crippen molar-refractivity contribution in [3.63, 3.8) is 0 Å². The van der Waals surface area contributed by atoms with Gasteiger partial charge in [-0.05, 0) is 36.8 Å². The highest BCUT2D eigenvalue weighted by Crippen LogP contribution is 2.32. The Hall–Kier alpha value is -1.58. The van der Waals surface area contributed by atoms with Crippen LogP contribution >= 0.6 is 11.6 Å². The number of aliphatic hydroxyl groups is 1. The minimum Gasteiger partial charge on any atom is -0.488 e. The zero-order valence-corrected chi connectivity index (χ0v) is 11.5. The Labute approximate surface area is 117 Å². The van der Waals surface area contributed by atoms with E-state index < -0.39 is 6.10 Å². The van der Waals surface area contributed by atoms with Gasteiger partial charge in [0.15, 0.2) is 0 Å². The maximum atomic E-state index is 10.1. The molecule has 0 radical (unpaired) electrons. The fourth-order valence-corrected chi connectivity index (χ4v) is 1.98. The van der Waals surface area contributed by atoms with Crippen molar-refractivity contribution in [1.29, 1.82) is 0 Å². The van der Waals surface area contributed by atoms with Crippen LogP contribution in [-0.4, -0.2) is 24.5 Å². The van der Waals surface area contributed by atoms with Gasteiger partial charge in [0.05, 0.1) is 0 Å². The van der Waals surface area contributed by atoms with Gasteiger partial charge in [-0.15, -0.1) is 0 Å². The van der Waals surface area contributed by atoms with Crippen LogP contribution in [0.3, 0.4) is 0 Å². The van der Waals surface area contributed by atoms with Gasteiger partial charge in [0.25, 0.3) is 0 Å². The predicted molar refractivity (Wildman–Crippen MR) is 78.2 cm³/mol. The van der Waals surface area contributed by atoms with E-state index in [-0.39, 0.29) is 0 Å². The summed E-state index contributed by atoms with van der Waals surface area (Å²) in [4.78, 5) is 4.09. The molecule has 0 saturated carbocycles. The molecule has 0 spiro atoms. The molecule has 2 rings (SSSR count). The van der Waals surface area contributed by atoms with Gasteiger partial charge in [-0.2, -0.15) is 0 Å². The van der Waals surface area contributed by atoms with Crippen LogP contribution in [0.25, 0.3) is 0 Å². The third-order valence-electron chi connectivity index (χ3n) is 2.74. The Morgan fingerprint density at radius 1 is 1.53 bits per heavy atom. The summed E-state index contributed by atoms with van der Waals surface area (Å²) in [5, 5.41) is 10.7. The number of halogens is 1. The van der Waals surface area contributed by atoms with Crippen LogP contribution in [0.15, 0.2) is 47.0 Å². The summed E-state index contributed by atoms with van der Waals surface area (Å²) in [7, 11) is 0. The van der Waals surface area contributed by atoms with E-state index in [1.165, 1.54) is 0 Å². The molecule has 1 aromatic rings. The van der Waals surface area contributed by atoms with Gasteiger partial charge >= 0.3 is 0 Å². The first-order chi connectivity index (χ1) is 9.20. The number of aliphatic imine (C=N–C) groups is 1. The van der Waals surface area contributed by atoms with E-state index in [2.05, 4.69) is 4.99 Å². The number of nitrogens with zero attached hydrogens (tertiary/aromatic N) is 1. The quantitative estimate of drug-likeness (QED) is 0.861. The van der Waals surface area contributed by atoms with Crippen molar-refractivity contribution in [3.05, 3.63) is 52.6 Å². The van der Waals surface area contributed by atoms with E-state index in [1.807, 2.05) is 19.1 Å². The first kappa shape index (κ1) is 13.8. The van der Waals surface area contributed by atoms with Crippen molar-refractivity contribution >= 4 is 17.8 Å². The molecule has 1 aliphatic rings. The van der Waals surface area contributed by atoms with Crippen LogP contribution in [0.1, 0.15) is 18.6 Å². The molecule has 19 heavy (non-hydrogen) atoms. The third kappa shape index (κ3) is 3.69. The summed E-state index contributed by atoms with van der Waals surface area (Å²) in [5.41, 5.74) is 1.64. The number of rotatable bonds is 3. The second kappa shape index (κ2) is 6.55. The molecule has 1 aromatic carbocycles. The van der Waals surface area contributed by atoms with Gasteiger partial charge in [-0.25, -0.2) is 0 Å². The molecule has 1 heterocycles. The molecule has 0 aromatic heterocycles. The molecule has 0 fully saturated rings. The molecule has 3 nitrogen and oxygen atoms in total. The zero-order chi connectivity index (χ0) is 13.7. The fourth-order valence-electron chi connectivity index (χ4n) is 1.82. The van der Waals surface area contributed by atoms with Crippen molar-refractivity contribution in [3.8, 4) is 5.75 Å². The van der Waals surface area contributed by atoms with Crippen LogP contribution in [-0.2, 0) is 0 Å². The Morgan fingerprint density at radius 3 is 3.16 bits per heavy atom. The summed E-state index contributed by atoms with van der Waals surface area (Å²) in [6.07, 6.45) is 6.56. The number of fused-ring (bicyclic) bond motifs is 1. The highest BCUT2D eigenvalue weighted by Gasteiger charge is 2.16. The highest BCUT2D eigenvalue weighted by molar-refractivity contribution is 6.30. The summed E-state index contributed by atoms with van der Waals surface area (Å²) in [5.74, 6) is 0.627. The van der Waals surface area contributed by atoms with E-state index in [1.54, 1.807) is 30.5 Å². The normalized spacial score (nSPS) is 19.1. The lowest BCUT2D eigenvalue weighted by Gasteiger charge is -2.09. The summed E-state index contributed by atoms with van der Waals surface area (Å²) < 4.78 is 5.66. The predicted octanol–water partition coefficient (Wildman–Crippen LogP) is 3.34. The molecular formula is C15H16ClNO2. The Kier molecular flexibility index (Phi) is 4.77. The molecule has 0 saturated heterocycles. The monoisotopic (exact) mass is 277 g/mol. The van der Waals surface area contributed by atoms with Gasteiger partial charge in [-0.1, -0.05) is 23.7 Å². The summed E-state index contributed by atoms with van der Waals surface area (Å²) in [6, 6.07) is 5.25. The van der Waals surface area contributed by atoms with Crippen molar-refractivity contribution in [2.24, 2.45) is 4.99 Å². The van der Waals surface area contributed by atoms with Crippen LogP contribution in [0.2, 0.25) is 5.02 Å².